The fraction of sp³-hybridized carbons (Fsp3) is 0.154. The predicted octanol–water partition coefficient (Wildman–Crippen LogP) is 7.10. The number of rotatable bonds is 8. The Hall–Kier alpha value is -2.59. The summed E-state index contributed by atoms with van der Waals surface area (Å²) in [6.45, 7) is 6.11. The molecule has 0 fully saturated rings. The van der Waals surface area contributed by atoms with Gasteiger partial charge in [0.05, 0.1) is 9.99 Å². The maximum absolute atomic E-state index is 12.6. The van der Waals surface area contributed by atoms with E-state index in [-0.39, 0.29) is 17.4 Å². The normalized spacial score (nSPS) is 10.3. The van der Waals surface area contributed by atoms with E-state index in [0.29, 0.717) is 0 Å². The van der Waals surface area contributed by atoms with Gasteiger partial charge in [-0.3, -0.25) is 4.79 Å². The average molecular weight is 477 g/mol. The lowest BCUT2D eigenvalue weighted by Gasteiger charge is -2.12. The van der Waals surface area contributed by atoms with Crippen LogP contribution in [0.3, 0.4) is 0 Å². The Morgan fingerprint density at radius 3 is 1.56 bits per heavy atom. The highest BCUT2D eigenvalue weighted by molar-refractivity contribution is 8.22. The van der Waals surface area contributed by atoms with Gasteiger partial charge in [0.25, 0.3) is 0 Å². The summed E-state index contributed by atoms with van der Waals surface area (Å²) in [5, 5.41) is 12.7. The highest BCUT2D eigenvalue weighted by Crippen LogP contribution is 2.41. The number of hydrogen-bond donors (Lipinski definition) is 1. The molecule has 1 N–H and O–H groups in total. The first-order valence-corrected chi connectivity index (χ1v) is 12.7. The average Bonchev–Trinajstić information content (AvgIpc) is 2.79. The first kappa shape index (κ1) is 24.1. The molecule has 0 heterocycles. The number of hydrogen-bond acceptors (Lipinski definition) is 5. The fourth-order valence-corrected chi connectivity index (χ4v) is 5.45. The molecule has 6 heteroatoms. The minimum absolute atomic E-state index is 0.196. The molecule has 0 aromatic heterocycles. The minimum Gasteiger partial charge on any atom is -0.315 e. The molecule has 0 atom stereocenters. The summed E-state index contributed by atoms with van der Waals surface area (Å²) in [5.41, 5.74) is 3.80. The molecule has 0 bridgehead atoms. The lowest BCUT2D eigenvalue weighted by molar-refractivity contribution is -0.117. The summed E-state index contributed by atoms with van der Waals surface area (Å²) in [5.74, 6) is 0.0463. The van der Waals surface area contributed by atoms with Gasteiger partial charge in [-0.15, -0.1) is 11.8 Å². The molecule has 3 aromatic carbocycles. The molecule has 3 rings (SSSR count). The Balaban J connectivity index is 1.78. The third-order valence-electron chi connectivity index (χ3n) is 4.43. The molecule has 0 saturated heterocycles. The summed E-state index contributed by atoms with van der Waals surface area (Å²) in [7, 11) is 0. The van der Waals surface area contributed by atoms with E-state index in [0.717, 1.165) is 18.9 Å². The van der Waals surface area contributed by atoms with Crippen LogP contribution in [-0.4, -0.2) is 11.7 Å². The molecule has 1 amide bonds. The van der Waals surface area contributed by atoms with Gasteiger partial charge in [0.1, 0.15) is 11.8 Å². The molecule has 32 heavy (non-hydrogen) atoms. The molecular formula is C26H24N2OS3. The highest BCUT2D eigenvalue weighted by Gasteiger charge is 2.14. The zero-order valence-corrected chi connectivity index (χ0v) is 20.7. The molecule has 0 unspecified atom stereocenters. The van der Waals surface area contributed by atoms with Crippen molar-refractivity contribution < 1.29 is 4.79 Å². The number of carbonyl (C=O) groups excluding carboxylic acids is 1. The number of amides is 1. The van der Waals surface area contributed by atoms with E-state index in [1.807, 2.05) is 93.6 Å². The monoisotopic (exact) mass is 476 g/mol. The van der Waals surface area contributed by atoms with E-state index < -0.39 is 0 Å². The summed E-state index contributed by atoms with van der Waals surface area (Å²) >= 11 is 4.43. The lowest BCUT2D eigenvalue weighted by Crippen LogP contribution is -2.24. The maximum Gasteiger partial charge on any atom is 0.235 e. The molecular weight excluding hydrogens is 453 g/mol. The van der Waals surface area contributed by atoms with Gasteiger partial charge >= 0.3 is 0 Å². The van der Waals surface area contributed by atoms with Crippen molar-refractivity contribution in [1.82, 2.24) is 5.32 Å². The van der Waals surface area contributed by atoms with Crippen LogP contribution >= 0.6 is 35.3 Å². The Kier molecular flexibility index (Phi) is 8.92. The third kappa shape index (κ3) is 7.52. The number of allylic oxidation sites excluding steroid dienone is 1. The van der Waals surface area contributed by atoms with Gasteiger partial charge in [0.2, 0.25) is 5.91 Å². The third-order valence-corrected chi connectivity index (χ3v) is 7.74. The number of nitrogens with zero attached hydrogens (tertiary/aromatic N) is 1. The van der Waals surface area contributed by atoms with Gasteiger partial charge < -0.3 is 5.32 Å². The molecule has 162 valence electrons. The van der Waals surface area contributed by atoms with Crippen LogP contribution in [0.1, 0.15) is 16.7 Å². The van der Waals surface area contributed by atoms with Gasteiger partial charge in [-0.25, -0.2) is 0 Å². The largest absolute Gasteiger partial charge is 0.315 e. The standard InChI is InChI=1S/C26H24N2OS3/c1-18-4-10-21(11-5-18)30-17-25(29)28-24(16-27)26(31-22-12-6-19(2)7-13-22)32-23-14-8-20(3)9-15-23/h4-15H,17H2,1-3H3,(H,28,29). The molecule has 0 radical (unpaired) electrons. The quantitative estimate of drug-likeness (QED) is 0.278. The molecule has 0 spiro atoms. The molecule has 0 aliphatic rings. The fourth-order valence-electron chi connectivity index (χ4n) is 2.63. The first-order valence-electron chi connectivity index (χ1n) is 10.1. The second-order valence-electron chi connectivity index (χ2n) is 7.25. The van der Waals surface area contributed by atoms with E-state index in [4.69, 9.17) is 0 Å². The summed E-state index contributed by atoms with van der Waals surface area (Å²) < 4.78 is 0.744. The van der Waals surface area contributed by atoms with Crippen LogP contribution in [0.2, 0.25) is 0 Å². The Morgan fingerprint density at radius 2 is 1.16 bits per heavy atom. The van der Waals surface area contributed by atoms with Crippen LogP contribution in [0.5, 0.6) is 0 Å². The van der Waals surface area contributed by atoms with Gasteiger partial charge in [0, 0.05) is 14.7 Å². The van der Waals surface area contributed by atoms with Crippen molar-refractivity contribution in [1.29, 1.82) is 5.26 Å². The Morgan fingerprint density at radius 1 is 0.750 bits per heavy atom. The van der Waals surface area contributed by atoms with E-state index in [1.165, 1.54) is 52.0 Å². The minimum atomic E-state index is -0.196. The van der Waals surface area contributed by atoms with Crippen molar-refractivity contribution in [2.24, 2.45) is 0 Å². The molecule has 3 aromatic rings. The zero-order valence-electron chi connectivity index (χ0n) is 18.2. The number of carbonyl (C=O) groups is 1. The Bertz CT molecular complexity index is 1080. The van der Waals surface area contributed by atoms with Crippen LogP contribution in [0.25, 0.3) is 0 Å². The van der Waals surface area contributed by atoms with Gasteiger partial charge in [0.15, 0.2) is 0 Å². The number of nitrogens with one attached hydrogen (secondary N) is 1. The molecule has 0 aliphatic heterocycles. The summed E-state index contributed by atoms with van der Waals surface area (Å²) in [6.07, 6.45) is 0. The smallest absolute Gasteiger partial charge is 0.235 e. The van der Waals surface area contributed by atoms with Crippen LogP contribution < -0.4 is 5.32 Å². The highest BCUT2D eigenvalue weighted by atomic mass is 32.2. The zero-order chi connectivity index (χ0) is 22.9. The van der Waals surface area contributed by atoms with Crippen molar-refractivity contribution >= 4 is 41.2 Å². The SMILES string of the molecule is Cc1ccc(SCC(=O)NC(C#N)=C(Sc2ccc(C)cc2)Sc2ccc(C)cc2)cc1. The van der Waals surface area contributed by atoms with Crippen molar-refractivity contribution in [3.8, 4) is 6.07 Å². The van der Waals surface area contributed by atoms with Crippen LogP contribution in [0, 0.1) is 32.1 Å². The van der Waals surface area contributed by atoms with Crippen LogP contribution in [-0.2, 0) is 4.79 Å². The molecule has 0 saturated carbocycles. The first-order chi connectivity index (χ1) is 15.4. The topological polar surface area (TPSA) is 52.9 Å². The second kappa shape index (κ2) is 11.9. The van der Waals surface area contributed by atoms with Crippen molar-refractivity contribution in [3.63, 3.8) is 0 Å². The molecule has 0 aliphatic carbocycles. The van der Waals surface area contributed by atoms with Gasteiger partial charge in [-0.05, 0) is 57.2 Å². The van der Waals surface area contributed by atoms with Crippen molar-refractivity contribution in [3.05, 3.63) is 99.4 Å². The van der Waals surface area contributed by atoms with Crippen molar-refractivity contribution in [2.45, 2.75) is 35.5 Å². The van der Waals surface area contributed by atoms with E-state index in [2.05, 4.69) is 11.4 Å². The Labute approximate surface area is 202 Å². The van der Waals surface area contributed by atoms with E-state index >= 15 is 0 Å². The number of nitriles is 1. The predicted molar refractivity (Wildman–Crippen MR) is 137 cm³/mol. The van der Waals surface area contributed by atoms with Crippen LogP contribution in [0.4, 0.5) is 0 Å². The van der Waals surface area contributed by atoms with E-state index in [1.54, 1.807) is 0 Å². The second-order valence-corrected chi connectivity index (χ2v) is 10.7. The van der Waals surface area contributed by atoms with Gasteiger partial charge in [-0.1, -0.05) is 76.6 Å². The number of thioether (sulfide) groups is 3. The maximum atomic E-state index is 12.6. The summed E-state index contributed by atoms with van der Waals surface area (Å²) in [6, 6.07) is 26.5. The summed E-state index contributed by atoms with van der Waals surface area (Å²) in [4.78, 5) is 15.7. The van der Waals surface area contributed by atoms with Crippen LogP contribution in [0.15, 0.2) is 97.4 Å². The number of aryl methyl sites for hydroxylation is 3. The molecule has 3 nitrogen and oxygen atoms in total. The van der Waals surface area contributed by atoms with Gasteiger partial charge in [-0.2, -0.15) is 5.26 Å². The van der Waals surface area contributed by atoms with E-state index in [9.17, 15) is 10.1 Å². The lowest BCUT2D eigenvalue weighted by atomic mass is 10.2. The number of benzene rings is 3. The van der Waals surface area contributed by atoms with Crippen molar-refractivity contribution in [2.75, 3.05) is 5.75 Å².